The quantitative estimate of drug-likeness (QED) is 0.447. The van der Waals surface area contributed by atoms with Gasteiger partial charge in [-0.1, -0.05) is 0 Å². The second kappa shape index (κ2) is 5.54. The molecule has 0 aromatic carbocycles. The lowest BCUT2D eigenvalue weighted by molar-refractivity contribution is -0.153. The number of hydrogen-bond acceptors (Lipinski definition) is 5. The number of esters is 1. The molecule has 12 heavy (non-hydrogen) atoms. The van der Waals surface area contributed by atoms with E-state index < -0.39 is 12.1 Å². The maximum Gasteiger partial charge on any atom is 0.303 e. The molecule has 0 aliphatic heterocycles. The van der Waals surface area contributed by atoms with E-state index >= 15 is 0 Å². The van der Waals surface area contributed by atoms with E-state index in [-0.39, 0.29) is 12.6 Å². The Labute approximate surface area is 70.8 Å². The second-order valence-electron chi connectivity index (χ2n) is 2.44. The summed E-state index contributed by atoms with van der Waals surface area (Å²) in [6, 6.07) is -0.353. The van der Waals surface area contributed by atoms with E-state index in [1.165, 1.54) is 6.92 Å². The summed E-state index contributed by atoms with van der Waals surface area (Å²) < 4.78 is 9.19. The van der Waals surface area contributed by atoms with Gasteiger partial charge in [0.25, 0.3) is 6.47 Å². The normalized spacial score (nSPS) is 14.6. The van der Waals surface area contributed by atoms with Crippen LogP contribution in [0.2, 0.25) is 0 Å². The second-order valence-corrected chi connectivity index (χ2v) is 2.44. The molecule has 0 aromatic heterocycles. The Morgan fingerprint density at radius 2 is 2.25 bits per heavy atom. The summed E-state index contributed by atoms with van der Waals surface area (Å²) in [4.78, 5) is 20.3. The van der Waals surface area contributed by atoms with E-state index in [9.17, 15) is 9.59 Å². The first-order valence-corrected chi connectivity index (χ1v) is 3.56. The van der Waals surface area contributed by atoms with Gasteiger partial charge < -0.3 is 15.2 Å². The van der Waals surface area contributed by atoms with Gasteiger partial charge >= 0.3 is 5.97 Å². The van der Waals surface area contributed by atoms with Crippen molar-refractivity contribution in [2.75, 3.05) is 6.61 Å². The van der Waals surface area contributed by atoms with E-state index in [0.29, 0.717) is 6.47 Å². The number of rotatable bonds is 5. The molecule has 0 bridgehead atoms. The fraction of sp³-hybridized carbons (Fsp3) is 0.714. The van der Waals surface area contributed by atoms with Gasteiger partial charge in [-0.15, -0.1) is 0 Å². The molecule has 2 atom stereocenters. The third-order valence-corrected chi connectivity index (χ3v) is 1.23. The maximum atomic E-state index is 10.5. The van der Waals surface area contributed by atoms with Gasteiger partial charge in [-0.25, -0.2) is 0 Å². The average molecular weight is 175 g/mol. The van der Waals surface area contributed by atoms with E-state index in [1.54, 1.807) is 6.92 Å². The molecule has 0 heterocycles. The molecule has 5 nitrogen and oxygen atoms in total. The molecular weight excluding hydrogens is 162 g/mol. The minimum absolute atomic E-state index is 0.000741. The molecule has 2 unspecified atom stereocenters. The molecule has 0 amide bonds. The van der Waals surface area contributed by atoms with E-state index in [2.05, 4.69) is 4.74 Å². The van der Waals surface area contributed by atoms with Gasteiger partial charge in [0.2, 0.25) is 0 Å². The Hall–Kier alpha value is -1.10. The summed E-state index contributed by atoms with van der Waals surface area (Å²) >= 11 is 0. The highest BCUT2D eigenvalue weighted by atomic mass is 16.6. The van der Waals surface area contributed by atoms with Crippen LogP contribution in [-0.2, 0) is 19.1 Å². The highest BCUT2D eigenvalue weighted by Crippen LogP contribution is 1.97. The monoisotopic (exact) mass is 175 g/mol. The third-order valence-electron chi connectivity index (χ3n) is 1.23. The van der Waals surface area contributed by atoms with E-state index in [4.69, 9.17) is 10.5 Å². The molecule has 0 fully saturated rings. The standard InChI is InChI=1S/C7H13NO4/c1-5(8)7(3-11-4-9)12-6(2)10/h4-5,7H,3,8H2,1-2H3. The van der Waals surface area contributed by atoms with Crippen molar-refractivity contribution < 1.29 is 19.1 Å². The molecule has 2 N–H and O–H groups in total. The number of ether oxygens (including phenoxy) is 2. The van der Waals surface area contributed by atoms with Crippen LogP contribution in [0.1, 0.15) is 13.8 Å². The fourth-order valence-corrected chi connectivity index (χ4v) is 0.640. The summed E-state index contributed by atoms with van der Waals surface area (Å²) in [5, 5.41) is 0. The Kier molecular flexibility index (Phi) is 5.03. The number of carbonyl (C=O) groups excluding carboxylic acids is 2. The van der Waals surface area contributed by atoms with Crippen LogP contribution in [-0.4, -0.2) is 31.2 Å². The first-order valence-electron chi connectivity index (χ1n) is 3.56. The van der Waals surface area contributed by atoms with Gasteiger partial charge in [0.1, 0.15) is 6.61 Å². The number of nitrogens with two attached hydrogens (primary N) is 1. The molecule has 0 saturated carbocycles. The Balaban J connectivity index is 3.85. The summed E-state index contributed by atoms with van der Waals surface area (Å²) in [7, 11) is 0. The van der Waals surface area contributed by atoms with Gasteiger partial charge in [-0.05, 0) is 6.92 Å². The molecule has 0 radical (unpaired) electrons. The summed E-state index contributed by atoms with van der Waals surface area (Å²) in [6.45, 7) is 3.23. The number of carbonyl (C=O) groups is 2. The molecule has 0 spiro atoms. The first kappa shape index (κ1) is 10.9. The Morgan fingerprint density at radius 3 is 2.58 bits per heavy atom. The van der Waals surface area contributed by atoms with Crippen molar-refractivity contribution in [3.63, 3.8) is 0 Å². The van der Waals surface area contributed by atoms with Crippen LogP contribution in [0, 0.1) is 0 Å². The van der Waals surface area contributed by atoms with E-state index in [1.807, 2.05) is 0 Å². The van der Waals surface area contributed by atoms with Crippen LogP contribution in [0.15, 0.2) is 0 Å². The first-order chi connectivity index (χ1) is 5.57. The van der Waals surface area contributed by atoms with Crippen molar-refractivity contribution >= 4 is 12.4 Å². The van der Waals surface area contributed by atoms with Gasteiger partial charge in [0.05, 0.1) is 0 Å². The van der Waals surface area contributed by atoms with Crippen LogP contribution in [0.4, 0.5) is 0 Å². The Morgan fingerprint density at radius 1 is 1.67 bits per heavy atom. The van der Waals surface area contributed by atoms with Crippen LogP contribution in [0.5, 0.6) is 0 Å². The lowest BCUT2D eigenvalue weighted by Crippen LogP contribution is -2.38. The summed E-state index contributed by atoms with van der Waals surface area (Å²) in [5.74, 6) is -0.438. The maximum absolute atomic E-state index is 10.5. The zero-order valence-electron chi connectivity index (χ0n) is 7.15. The summed E-state index contributed by atoms with van der Waals surface area (Å²) in [6.07, 6.45) is -0.562. The van der Waals surface area contributed by atoms with Crippen molar-refractivity contribution in [2.24, 2.45) is 5.73 Å². The molecule has 0 aliphatic carbocycles. The van der Waals surface area contributed by atoms with Crippen LogP contribution in [0.25, 0.3) is 0 Å². The van der Waals surface area contributed by atoms with Crippen molar-refractivity contribution in [1.82, 2.24) is 0 Å². The van der Waals surface area contributed by atoms with Gasteiger partial charge in [-0.2, -0.15) is 0 Å². The molecule has 0 aliphatic rings. The fourth-order valence-electron chi connectivity index (χ4n) is 0.640. The van der Waals surface area contributed by atoms with Crippen LogP contribution >= 0.6 is 0 Å². The molecule has 0 saturated heterocycles. The predicted molar refractivity (Wildman–Crippen MR) is 41.2 cm³/mol. The minimum Gasteiger partial charge on any atom is -0.464 e. The van der Waals surface area contributed by atoms with Crippen molar-refractivity contribution in [2.45, 2.75) is 26.0 Å². The molecule has 0 rings (SSSR count). The number of hydrogen-bond donors (Lipinski definition) is 1. The SMILES string of the molecule is CC(=O)OC(COC=O)C(C)N. The van der Waals surface area contributed by atoms with Crippen LogP contribution < -0.4 is 5.73 Å². The highest BCUT2D eigenvalue weighted by Gasteiger charge is 2.17. The third kappa shape index (κ3) is 4.68. The molecule has 0 aromatic rings. The highest BCUT2D eigenvalue weighted by molar-refractivity contribution is 5.66. The molecule has 5 heteroatoms. The summed E-state index contributed by atoms with van der Waals surface area (Å²) in [5.41, 5.74) is 5.45. The topological polar surface area (TPSA) is 78.6 Å². The smallest absolute Gasteiger partial charge is 0.303 e. The predicted octanol–water partition coefficient (Wildman–Crippen LogP) is -0.562. The Bertz CT molecular complexity index is 157. The molecular formula is C7H13NO4. The zero-order chi connectivity index (χ0) is 9.56. The van der Waals surface area contributed by atoms with Crippen LogP contribution in [0.3, 0.4) is 0 Å². The zero-order valence-corrected chi connectivity index (χ0v) is 7.15. The van der Waals surface area contributed by atoms with E-state index in [0.717, 1.165) is 0 Å². The largest absolute Gasteiger partial charge is 0.464 e. The van der Waals surface area contributed by atoms with Gasteiger partial charge in [0.15, 0.2) is 6.10 Å². The lowest BCUT2D eigenvalue weighted by Gasteiger charge is -2.18. The van der Waals surface area contributed by atoms with Crippen molar-refractivity contribution in [3.05, 3.63) is 0 Å². The van der Waals surface area contributed by atoms with Gasteiger partial charge in [-0.3, -0.25) is 9.59 Å². The van der Waals surface area contributed by atoms with Crippen molar-refractivity contribution in [1.29, 1.82) is 0 Å². The van der Waals surface area contributed by atoms with Crippen molar-refractivity contribution in [3.8, 4) is 0 Å². The van der Waals surface area contributed by atoms with Gasteiger partial charge in [0, 0.05) is 13.0 Å². The molecule has 70 valence electrons. The minimum atomic E-state index is -0.562. The lowest BCUT2D eigenvalue weighted by atomic mass is 10.2. The average Bonchev–Trinajstić information content (AvgIpc) is 1.96.